The summed E-state index contributed by atoms with van der Waals surface area (Å²) in [5.74, 6) is 0.937. The average molecular weight is 213 g/mol. The quantitative estimate of drug-likeness (QED) is 0.640. The van der Waals surface area contributed by atoms with E-state index in [2.05, 4.69) is 23.9 Å². The van der Waals surface area contributed by atoms with E-state index in [1.165, 1.54) is 45.4 Å². The normalized spacial score (nSPS) is 22.8. The molecule has 0 aromatic carbocycles. The molecule has 0 aromatic heterocycles. The minimum absolute atomic E-state index is 0.835. The molecule has 0 saturated carbocycles. The van der Waals surface area contributed by atoms with Gasteiger partial charge in [-0.15, -0.1) is 0 Å². The fourth-order valence-electron chi connectivity index (χ4n) is 2.30. The van der Waals surface area contributed by atoms with E-state index in [4.69, 9.17) is 5.73 Å². The van der Waals surface area contributed by atoms with E-state index in [0.717, 1.165) is 18.9 Å². The Bertz CT molecular complexity index is 161. The van der Waals surface area contributed by atoms with Crippen LogP contribution in [0.4, 0.5) is 0 Å². The SMILES string of the molecule is CN(CCCCN)CCC1CCN(C)C1. The number of nitrogens with two attached hydrogens (primary N) is 1. The lowest BCUT2D eigenvalue weighted by Crippen LogP contribution is -2.24. The van der Waals surface area contributed by atoms with Crippen molar-refractivity contribution in [2.24, 2.45) is 11.7 Å². The van der Waals surface area contributed by atoms with Crippen LogP contribution in [0.2, 0.25) is 0 Å². The van der Waals surface area contributed by atoms with Crippen LogP contribution in [0.5, 0.6) is 0 Å². The number of nitrogens with zero attached hydrogens (tertiary/aromatic N) is 2. The first-order valence-corrected chi connectivity index (χ1v) is 6.29. The first kappa shape index (κ1) is 12.9. The highest BCUT2D eigenvalue weighted by molar-refractivity contribution is 4.73. The Hall–Kier alpha value is -0.120. The van der Waals surface area contributed by atoms with E-state index in [-0.39, 0.29) is 0 Å². The van der Waals surface area contributed by atoms with Crippen molar-refractivity contribution in [3.63, 3.8) is 0 Å². The van der Waals surface area contributed by atoms with Gasteiger partial charge in [-0.3, -0.25) is 0 Å². The van der Waals surface area contributed by atoms with Crippen molar-refractivity contribution in [3.05, 3.63) is 0 Å². The maximum Gasteiger partial charge on any atom is 0.000756 e. The van der Waals surface area contributed by atoms with Gasteiger partial charge in [-0.05, 0) is 71.9 Å². The van der Waals surface area contributed by atoms with Gasteiger partial charge >= 0.3 is 0 Å². The third-order valence-electron chi connectivity index (χ3n) is 3.40. The van der Waals surface area contributed by atoms with E-state index in [9.17, 15) is 0 Å². The number of rotatable bonds is 7. The Labute approximate surface area is 94.6 Å². The van der Waals surface area contributed by atoms with Crippen LogP contribution >= 0.6 is 0 Å². The van der Waals surface area contributed by atoms with Crippen LogP contribution in [0.3, 0.4) is 0 Å². The molecule has 3 heteroatoms. The molecule has 90 valence electrons. The molecule has 15 heavy (non-hydrogen) atoms. The predicted octanol–water partition coefficient (Wildman–Crippen LogP) is 0.999. The summed E-state index contributed by atoms with van der Waals surface area (Å²) in [5.41, 5.74) is 5.48. The second kappa shape index (κ2) is 7.20. The van der Waals surface area contributed by atoms with Crippen LogP contribution in [-0.4, -0.2) is 56.6 Å². The van der Waals surface area contributed by atoms with E-state index in [1.54, 1.807) is 0 Å². The molecule has 1 aliphatic heterocycles. The van der Waals surface area contributed by atoms with Gasteiger partial charge in [-0.1, -0.05) is 0 Å². The van der Waals surface area contributed by atoms with E-state index in [0.29, 0.717) is 0 Å². The van der Waals surface area contributed by atoms with E-state index in [1.807, 2.05) is 0 Å². The van der Waals surface area contributed by atoms with Gasteiger partial charge in [0.2, 0.25) is 0 Å². The second-order valence-corrected chi connectivity index (χ2v) is 5.00. The van der Waals surface area contributed by atoms with Gasteiger partial charge in [0.15, 0.2) is 0 Å². The molecule has 0 radical (unpaired) electrons. The lowest BCUT2D eigenvalue weighted by molar-refractivity contribution is 0.292. The van der Waals surface area contributed by atoms with Crippen LogP contribution in [0, 0.1) is 5.92 Å². The summed E-state index contributed by atoms with van der Waals surface area (Å²) in [7, 11) is 4.46. The lowest BCUT2D eigenvalue weighted by Gasteiger charge is -2.18. The molecular formula is C12H27N3. The molecular weight excluding hydrogens is 186 g/mol. The van der Waals surface area contributed by atoms with Gasteiger partial charge < -0.3 is 15.5 Å². The second-order valence-electron chi connectivity index (χ2n) is 5.00. The molecule has 1 atom stereocenters. The minimum atomic E-state index is 0.835. The number of unbranched alkanes of at least 4 members (excludes halogenated alkanes) is 1. The molecule has 0 amide bonds. The molecule has 0 bridgehead atoms. The van der Waals surface area contributed by atoms with Gasteiger partial charge in [0.1, 0.15) is 0 Å². The lowest BCUT2D eigenvalue weighted by atomic mass is 10.0. The maximum absolute atomic E-state index is 5.48. The van der Waals surface area contributed by atoms with Crippen LogP contribution in [0.1, 0.15) is 25.7 Å². The molecule has 0 spiro atoms. The molecule has 3 nitrogen and oxygen atoms in total. The maximum atomic E-state index is 5.48. The first-order chi connectivity index (χ1) is 7.22. The summed E-state index contributed by atoms with van der Waals surface area (Å²) in [6, 6.07) is 0. The zero-order valence-electron chi connectivity index (χ0n) is 10.4. The summed E-state index contributed by atoms with van der Waals surface area (Å²) < 4.78 is 0. The van der Waals surface area contributed by atoms with Crippen molar-refractivity contribution in [2.45, 2.75) is 25.7 Å². The fraction of sp³-hybridized carbons (Fsp3) is 1.00. The molecule has 1 saturated heterocycles. The zero-order valence-corrected chi connectivity index (χ0v) is 10.4. The Morgan fingerprint density at radius 3 is 2.73 bits per heavy atom. The molecule has 2 N–H and O–H groups in total. The smallest absolute Gasteiger partial charge is 0.000756 e. The van der Waals surface area contributed by atoms with Crippen LogP contribution in [0.25, 0.3) is 0 Å². The molecule has 1 fully saturated rings. The summed E-state index contributed by atoms with van der Waals surface area (Å²) >= 11 is 0. The first-order valence-electron chi connectivity index (χ1n) is 6.29. The monoisotopic (exact) mass is 213 g/mol. The van der Waals surface area contributed by atoms with Crippen molar-refractivity contribution in [1.29, 1.82) is 0 Å². The highest BCUT2D eigenvalue weighted by Gasteiger charge is 2.19. The van der Waals surface area contributed by atoms with E-state index >= 15 is 0 Å². The van der Waals surface area contributed by atoms with Crippen molar-refractivity contribution >= 4 is 0 Å². The van der Waals surface area contributed by atoms with Crippen molar-refractivity contribution in [1.82, 2.24) is 9.80 Å². The molecule has 1 aliphatic rings. The van der Waals surface area contributed by atoms with Gasteiger partial charge in [0, 0.05) is 6.54 Å². The average Bonchev–Trinajstić information content (AvgIpc) is 2.62. The third kappa shape index (κ3) is 5.50. The van der Waals surface area contributed by atoms with Crippen LogP contribution in [-0.2, 0) is 0 Å². The largest absolute Gasteiger partial charge is 0.330 e. The van der Waals surface area contributed by atoms with E-state index < -0.39 is 0 Å². The minimum Gasteiger partial charge on any atom is -0.330 e. The number of hydrogen-bond donors (Lipinski definition) is 1. The summed E-state index contributed by atoms with van der Waals surface area (Å²) in [6.45, 7) is 5.89. The molecule has 1 heterocycles. The van der Waals surface area contributed by atoms with Crippen molar-refractivity contribution in [2.75, 3.05) is 46.8 Å². The third-order valence-corrected chi connectivity index (χ3v) is 3.40. The summed E-state index contributed by atoms with van der Waals surface area (Å²) in [6.07, 6.45) is 5.17. The topological polar surface area (TPSA) is 32.5 Å². The Kier molecular flexibility index (Phi) is 6.22. The van der Waals surface area contributed by atoms with Gasteiger partial charge in [0.25, 0.3) is 0 Å². The molecule has 0 aromatic rings. The summed E-state index contributed by atoms with van der Waals surface area (Å²) in [4.78, 5) is 4.90. The van der Waals surface area contributed by atoms with Crippen molar-refractivity contribution in [3.8, 4) is 0 Å². The molecule has 1 unspecified atom stereocenters. The highest BCUT2D eigenvalue weighted by Crippen LogP contribution is 2.17. The number of hydrogen-bond acceptors (Lipinski definition) is 3. The van der Waals surface area contributed by atoms with Gasteiger partial charge in [-0.2, -0.15) is 0 Å². The van der Waals surface area contributed by atoms with Crippen molar-refractivity contribution < 1.29 is 0 Å². The zero-order chi connectivity index (χ0) is 11.1. The molecule has 0 aliphatic carbocycles. The predicted molar refractivity (Wildman–Crippen MR) is 66.0 cm³/mol. The standard InChI is InChI=1S/C12H27N3/c1-14(8-4-3-7-13)9-5-12-6-10-15(2)11-12/h12H,3-11,13H2,1-2H3. The van der Waals surface area contributed by atoms with Gasteiger partial charge in [-0.25, -0.2) is 0 Å². The Balaban J connectivity index is 1.98. The van der Waals surface area contributed by atoms with Gasteiger partial charge in [0.05, 0.1) is 0 Å². The van der Waals surface area contributed by atoms with Crippen LogP contribution in [0.15, 0.2) is 0 Å². The Morgan fingerprint density at radius 2 is 2.13 bits per heavy atom. The molecule has 1 rings (SSSR count). The highest BCUT2D eigenvalue weighted by atomic mass is 15.1. The summed E-state index contributed by atoms with van der Waals surface area (Å²) in [5, 5.41) is 0. The fourth-order valence-corrected chi connectivity index (χ4v) is 2.30. The number of likely N-dealkylation sites (tertiary alicyclic amines) is 1. The Morgan fingerprint density at radius 1 is 1.33 bits per heavy atom. The van der Waals surface area contributed by atoms with Crippen LogP contribution < -0.4 is 5.73 Å².